The number of carbonyl (C=O) groups is 2. The first-order valence-corrected chi connectivity index (χ1v) is 8.44. The van der Waals surface area contributed by atoms with Crippen molar-refractivity contribution in [2.24, 2.45) is 0 Å². The number of aromatic hydroxyl groups is 1. The summed E-state index contributed by atoms with van der Waals surface area (Å²) >= 11 is 0. The first-order valence-electron chi connectivity index (χ1n) is 8.44. The molecule has 0 aliphatic rings. The number of hydrogen-bond acceptors (Lipinski definition) is 6. The van der Waals surface area contributed by atoms with Crippen molar-refractivity contribution in [3.63, 3.8) is 0 Å². The van der Waals surface area contributed by atoms with Gasteiger partial charge in [-0.1, -0.05) is 17.7 Å². The molecular weight excluding hydrogens is 360 g/mol. The maximum atomic E-state index is 12.2. The molecule has 28 heavy (non-hydrogen) atoms. The lowest BCUT2D eigenvalue weighted by Gasteiger charge is -2.09. The molecule has 6 heteroatoms. The average molecular weight is 378 g/mol. The highest BCUT2D eigenvalue weighted by molar-refractivity contribution is 5.92. The van der Waals surface area contributed by atoms with E-state index < -0.39 is 11.9 Å². The Hall–Kier alpha value is -3.80. The molecule has 0 atom stereocenters. The van der Waals surface area contributed by atoms with E-state index in [-0.39, 0.29) is 17.2 Å². The number of phenols is 1. The summed E-state index contributed by atoms with van der Waals surface area (Å²) in [6.07, 6.45) is 0. The van der Waals surface area contributed by atoms with Gasteiger partial charge in [-0.25, -0.2) is 9.59 Å². The van der Waals surface area contributed by atoms with Gasteiger partial charge in [-0.05, 0) is 55.5 Å². The molecule has 0 radical (unpaired) electrons. The summed E-state index contributed by atoms with van der Waals surface area (Å²) in [4.78, 5) is 24.3. The van der Waals surface area contributed by atoms with E-state index in [2.05, 4.69) is 0 Å². The van der Waals surface area contributed by atoms with Crippen molar-refractivity contribution in [2.45, 2.75) is 6.92 Å². The first kappa shape index (κ1) is 19.0. The molecule has 0 aliphatic carbocycles. The Balaban J connectivity index is 1.68. The van der Waals surface area contributed by atoms with Gasteiger partial charge >= 0.3 is 11.9 Å². The highest BCUT2D eigenvalue weighted by Gasteiger charge is 2.14. The third kappa shape index (κ3) is 4.48. The second-order valence-electron chi connectivity index (χ2n) is 6.00. The topological polar surface area (TPSA) is 82.1 Å². The van der Waals surface area contributed by atoms with Crippen molar-refractivity contribution in [3.8, 4) is 23.0 Å². The Morgan fingerprint density at radius 3 is 1.86 bits per heavy atom. The van der Waals surface area contributed by atoms with E-state index in [1.54, 1.807) is 48.5 Å². The normalized spacial score (nSPS) is 10.2. The zero-order chi connectivity index (χ0) is 20.1. The van der Waals surface area contributed by atoms with Gasteiger partial charge in [-0.15, -0.1) is 0 Å². The SMILES string of the molecule is COc1ccc(C(=O)Oc2ccc(OC(=O)c3ccc(C)cc3)c(O)c2)cc1. The molecule has 0 bridgehead atoms. The predicted octanol–water partition coefficient (Wildman–Crippen LogP) is 4.15. The summed E-state index contributed by atoms with van der Waals surface area (Å²) < 4.78 is 15.5. The summed E-state index contributed by atoms with van der Waals surface area (Å²) in [5.41, 5.74) is 1.71. The zero-order valence-electron chi connectivity index (χ0n) is 15.3. The van der Waals surface area contributed by atoms with Crippen LogP contribution in [0.15, 0.2) is 66.7 Å². The van der Waals surface area contributed by atoms with E-state index in [1.165, 1.54) is 25.3 Å². The van der Waals surface area contributed by atoms with Gasteiger partial charge in [0.05, 0.1) is 18.2 Å². The molecule has 3 aromatic rings. The van der Waals surface area contributed by atoms with Gasteiger partial charge in [0, 0.05) is 6.07 Å². The maximum absolute atomic E-state index is 12.2. The van der Waals surface area contributed by atoms with Crippen LogP contribution in [0.2, 0.25) is 0 Å². The summed E-state index contributed by atoms with van der Waals surface area (Å²) in [6.45, 7) is 1.91. The van der Waals surface area contributed by atoms with Crippen LogP contribution in [-0.2, 0) is 0 Å². The number of hydrogen-bond donors (Lipinski definition) is 1. The Morgan fingerprint density at radius 2 is 1.29 bits per heavy atom. The molecule has 0 saturated carbocycles. The van der Waals surface area contributed by atoms with Gasteiger partial charge in [0.2, 0.25) is 0 Å². The van der Waals surface area contributed by atoms with E-state index in [9.17, 15) is 14.7 Å². The molecule has 0 unspecified atom stereocenters. The quantitative estimate of drug-likeness (QED) is 0.531. The van der Waals surface area contributed by atoms with Gasteiger partial charge in [-0.2, -0.15) is 0 Å². The van der Waals surface area contributed by atoms with Gasteiger partial charge in [0.25, 0.3) is 0 Å². The lowest BCUT2D eigenvalue weighted by molar-refractivity contribution is 0.0715. The molecule has 1 N–H and O–H groups in total. The average Bonchev–Trinajstić information content (AvgIpc) is 2.70. The van der Waals surface area contributed by atoms with Crippen LogP contribution in [0.5, 0.6) is 23.0 Å². The van der Waals surface area contributed by atoms with Crippen molar-refractivity contribution in [2.75, 3.05) is 7.11 Å². The van der Waals surface area contributed by atoms with Crippen LogP contribution >= 0.6 is 0 Å². The molecule has 0 fully saturated rings. The fraction of sp³-hybridized carbons (Fsp3) is 0.0909. The maximum Gasteiger partial charge on any atom is 0.343 e. The first-order chi connectivity index (χ1) is 13.5. The molecule has 3 rings (SSSR count). The van der Waals surface area contributed by atoms with Gasteiger partial charge in [0.15, 0.2) is 11.5 Å². The molecule has 0 spiro atoms. The standard InChI is InChI=1S/C22H18O6/c1-14-3-5-15(6-4-14)22(25)28-20-12-11-18(13-19(20)23)27-21(24)16-7-9-17(26-2)10-8-16/h3-13,23H,1-2H3. The van der Waals surface area contributed by atoms with Crippen LogP contribution in [0.1, 0.15) is 26.3 Å². The van der Waals surface area contributed by atoms with E-state index in [1.807, 2.05) is 6.92 Å². The van der Waals surface area contributed by atoms with E-state index >= 15 is 0 Å². The molecule has 3 aromatic carbocycles. The second kappa shape index (κ2) is 8.26. The van der Waals surface area contributed by atoms with Crippen molar-refractivity contribution in [1.82, 2.24) is 0 Å². The number of rotatable bonds is 5. The van der Waals surface area contributed by atoms with Crippen LogP contribution < -0.4 is 14.2 Å². The van der Waals surface area contributed by atoms with Crippen LogP contribution in [-0.4, -0.2) is 24.2 Å². The summed E-state index contributed by atoms with van der Waals surface area (Å²) in [7, 11) is 1.53. The number of carbonyl (C=O) groups excluding carboxylic acids is 2. The highest BCUT2D eigenvalue weighted by atomic mass is 16.5. The van der Waals surface area contributed by atoms with Gasteiger partial charge in [-0.3, -0.25) is 0 Å². The number of phenolic OH excluding ortho intramolecular Hbond substituents is 1. The fourth-order valence-electron chi connectivity index (χ4n) is 2.39. The molecule has 0 aliphatic heterocycles. The van der Waals surface area contributed by atoms with Crippen LogP contribution in [0.3, 0.4) is 0 Å². The Bertz CT molecular complexity index is 991. The van der Waals surface area contributed by atoms with Crippen molar-refractivity contribution in [1.29, 1.82) is 0 Å². The number of ether oxygens (including phenoxy) is 3. The molecule has 0 aromatic heterocycles. The minimum atomic E-state index is -0.599. The largest absolute Gasteiger partial charge is 0.504 e. The predicted molar refractivity (Wildman–Crippen MR) is 102 cm³/mol. The minimum absolute atomic E-state index is 0.0326. The smallest absolute Gasteiger partial charge is 0.343 e. The summed E-state index contributed by atoms with van der Waals surface area (Å²) in [5.74, 6) is -0.803. The number of esters is 2. The highest BCUT2D eigenvalue weighted by Crippen LogP contribution is 2.31. The van der Waals surface area contributed by atoms with E-state index in [4.69, 9.17) is 14.2 Å². The summed E-state index contributed by atoms with van der Waals surface area (Å²) in [5, 5.41) is 10.1. The van der Waals surface area contributed by atoms with Gasteiger partial charge < -0.3 is 19.3 Å². The fourth-order valence-corrected chi connectivity index (χ4v) is 2.39. The van der Waals surface area contributed by atoms with Crippen molar-refractivity contribution < 1.29 is 28.9 Å². The lowest BCUT2D eigenvalue weighted by atomic mass is 10.1. The van der Waals surface area contributed by atoms with Crippen LogP contribution in [0, 0.1) is 6.92 Å². The van der Waals surface area contributed by atoms with Crippen LogP contribution in [0.25, 0.3) is 0 Å². The molecule has 0 heterocycles. The number of methoxy groups -OCH3 is 1. The summed E-state index contributed by atoms with van der Waals surface area (Å²) in [6, 6.07) is 17.3. The molecule has 6 nitrogen and oxygen atoms in total. The molecule has 0 saturated heterocycles. The van der Waals surface area contributed by atoms with Crippen molar-refractivity contribution in [3.05, 3.63) is 83.4 Å². The Morgan fingerprint density at radius 1 is 0.750 bits per heavy atom. The van der Waals surface area contributed by atoms with E-state index in [0.29, 0.717) is 16.9 Å². The Labute approximate surface area is 161 Å². The van der Waals surface area contributed by atoms with Crippen LogP contribution in [0.4, 0.5) is 0 Å². The van der Waals surface area contributed by atoms with Gasteiger partial charge in [0.1, 0.15) is 11.5 Å². The number of benzene rings is 3. The van der Waals surface area contributed by atoms with E-state index in [0.717, 1.165) is 5.56 Å². The second-order valence-corrected chi connectivity index (χ2v) is 6.00. The monoisotopic (exact) mass is 378 g/mol. The number of aryl methyl sites for hydroxylation is 1. The zero-order valence-corrected chi connectivity index (χ0v) is 15.3. The molecule has 142 valence electrons. The molecular formula is C22H18O6. The third-order valence-electron chi connectivity index (χ3n) is 3.96. The lowest BCUT2D eigenvalue weighted by Crippen LogP contribution is -2.10. The molecule has 0 amide bonds. The van der Waals surface area contributed by atoms with Crippen molar-refractivity contribution >= 4 is 11.9 Å². The third-order valence-corrected chi connectivity index (χ3v) is 3.96. The minimum Gasteiger partial charge on any atom is -0.504 e. The Kier molecular flexibility index (Phi) is 5.60.